The summed E-state index contributed by atoms with van der Waals surface area (Å²) in [5.41, 5.74) is -0.0316. The van der Waals surface area contributed by atoms with E-state index in [-0.39, 0.29) is 35.7 Å². The Kier molecular flexibility index (Phi) is 7.81. The van der Waals surface area contributed by atoms with Crippen LogP contribution in [0.25, 0.3) is 0 Å². The highest BCUT2D eigenvalue weighted by atomic mass is 35.5. The van der Waals surface area contributed by atoms with E-state index in [4.69, 9.17) is 0 Å². The van der Waals surface area contributed by atoms with Crippen molar-refractivity contribution in [2.75, 3.05) is 26.2 Å². The highest BCUT2D eigenvalue weighted by molar-refractivity contribution is 5.88. The van der Waals surface area contributed by atoms with Crippen molar-refractivity contribution in [3.63, 3.8) is 0 Å². The van der Waals surface area contributed by atoms with Gasteiger partial charge < -0.3 is 15.5 Å². The van der Waals surface area contributed by atoms with E-state index in [0.29, 0.717) is 12.3 Å². The number of rotatable bonds is 5. The molecule has 0 aromatic carbocycles. The summed E-state index contributed by atoms with van der Waals surface area (Å²) in [7, 11) is 0. The van der Waals surface area contributed by atoms with Gasteiger partial charge in [-0.25, -0.2) is 0 Å². The van der Waals surface area contributed by atoms with Gasteiger partial charge in [0.2, 0.25) is 11.8 Å². The Bertz CT molecular complexity index is 403. The van der Waals surface area contributed by atoms with E-state index in [1.165, 1.54) is 6.42 Å². The van der Waals surface area contributed by atoms with Gasteiger partial charge >= 0.3 is 0 Å². The first-order valence-corrected chi connectivity index (χ1v) is 8.65. The Balaban J connectivity index is 0.00000264. The van der Waals surface area contributed by atoms with Crippen LogP contribution in [0.2, 0.25) is 0 Å². The molecule has 0 radical (unpaired) electrons. The Morgan fingerprint density at radius 2 is 2.00 bits per heavy atom. The Morgan fingerprint density at radius 1 is 1.26 bits per heavy atom. The van der Waals surface area contributed by atoms with E-state index in [1.54, 1.807) is 4.90 Å². The van der Waals surface area contributed by atoms with Crippen LogP contribution < -0.4 is 10.6 Å². The molecule has 0 aliphatic carbocycles. The summed E-state index contributed by atoms with van der Waals surface area (Å²) in [6.07, 6.45) is 4.47. The maximum absolute atomic E-state index is 12.4. The molecule has 0 bridgehead atoms. The van der Waals surface area contributed by atoms with Crippen LogP contribution in [0.3, 0.4) is 0 Å². The number of hydrogen-bond donors (Lipinski definition) is 2. The van der Waals surface area contributed by atoms with Gasteiger partial charge in [-0.15, -0.1) is 12.4 Å². The lowest BCUT2D eigenvalue weighted by Gasteiger charge is -2.27. The minimum absolute atomic E-state index is 0. The molecule has 23 heavy (non-hydrogen) atoms. The molecule has 6 heteroatoms. The third-order valence-electron chi connectivity index (χ3n) is 4.57. The number of carbonyl (C=O) groups excluding carboxylic acids is 2. The summed E-state index contributed by atoms with van der Waals surface area (Å²) in [5.74, 6) is 0.832. The van der Waals surface area contributed by atoms with Crippen molar-refractivity contribution in [1.82, 2.24) is 15.5 Å². The van der Waals surface area contributed by atoms with E-state index in [1.807, 2.05) is 0 Å². The van der Waals surface area contributed by atoms with Crippen LogP contribution in [0.4, 0.5) is 0 Å². The van der Waals surface area contributed by atoms with Gasteiger partial charge in [0, 0.05) is 19.5 Å². The quantitative estimate of drug-likeness (QED) is 0.800. The first kappa shape index (κ1) is 20.2. The summed E-state index contributed by atoms with van der Waals surface area (Å²) in [6, 6.07) is -0.253. The van der Waals surface area contributed by atoms with Crippen molar-refractivity contribution in [2.45, 2.75) is 58.9 Å². The fourth-order valence-corrected chi connectivity index (χ4v) is 3.37. The number of nitrogens with one attached hydrogen (secondary N) is 2. The second-order valence-corrected chi connectivity index (χ2v) is 7.92. The van der Waals surface area contributed by atoms with E-state index >= 15 is 0 Å². The first-order chi connectivity index (χ1) is 10.4. The van der Waals surface area contributed by atoms with Gasteiger partial charge in [-0.1, -0.05) is 20.8 Å². The molecule has 5 nitrogen and oxygen atoms in total. The molecule has 0 spiro atoms. The third-order valence-corrected chi connectivity index (χ3v) is 4.57. The van der Waals surface area contributed by atoms with E-state index in [2.05, 4.69) is 31.4 Å². The van der Waals surface area contributed by atoms with Crippen molar-refractivity contribution >= 4 is 24.2 Å². The average Bonchev–Trinajstić information content (AvgIpc) is 3.07. The zero-order valence-electron chi connectivity index (χ0n) is 14.7. The molecule has 2 atom stereocenters. The number of nitrogens with zero attached hydrogens (tertiary/aromatic N) is 1. The molecule has 0 aromatic heterocycles. The Hall–Kier alpha value is -0.810. The summed E-state index contributed by atoms with van der Waals surface area (Å²) < 4.78 is 0. The van der Waals surface area contributed by atoms with Crippen molar-refractivity contribution in [2.24, 2.45) is 11.3 Å². The second kappa shape index (κ2) is 8.88. The number of carbonyl (C=O) groups is 2. The number of hydrogen-bond acceptors (Lipinski definition) is 3. The van der Waals surface area contributed by atoms with Gasteiger partial charge in [-0.3, -0.25) is 9.59 Å². The van der Waals surface area contributed by atoms with Gasteiger partial charge in [-0.2, -0.15) is 0 Å². The molecule has 2 fully saturated rings. The predicted molar refractivity (Wildman–Crippen MR) is 94.7 cm³/mol. The fourth-order valence-electron chi connectivity index (χ4n) is 3.37. The largest absolute Gasteiger partial charge is 0.354 e. The van der Waals surface area contributed by atoms with Crippen LogP contribution in [0.1, 0.15) is 52.9 Å². The first-order valence-electron chi connectivity index (χ1n) is 8.65. The SMILES string of the molecule is CC(C)(C)CC(=O)N1CCCC1C(=O)NCCC1CCNC1.Cl. The van der Waals surface area contributed by atoms with Gasteiger partial charge in [0.25, 0.3) is 0 Å². The molecule has 0 aromatic rings. The molecule has 0 saturated carbocycles. The molecule has 2 N–H and O–H groups in total. The van der Waals surface area contributed by atoms with Gasteiger partial charge in [0.05, 0.1) is 0 Å². The van der Waals surface area contributed by atoms with Crippen molar-refractivity contribution in [3.05, 3.63) is 0 Å². The number of likely N-dealkylation sites (tertiary alicyclic amines) is 1. The van der Waals surface area contributed by atoms with Gasteiger partial charge in [-0.05, 0) is 50.1 Å². The average molecular weight is 346 g/mol. The van der Waals surface area contributed by atoms with Crippen LogP contribution in [0.5, 0.6) is 0 Å². The molecule has 134 valence electrons. The Morgan fingerprint density at radius 3 is 2.61 bits per heavy atom. The van der Waals surface area contributed by atoms with Crippen molar-refractivity contribution in [1.29, 1.82) is 0 Å². The normalized spacial score (nSPS) is 24.4. The highest BCUT2D eigenvalue weighted by Crippen LogP contribution is 2.24. The van der Waals surface area contributed by atoms with Crippen molar-refractivity contribution < 1.29 is 9.59 Å². The predicted octanol–water partition coefficient (Wildman–Crippen LogP) is 1.95. The lowest BCUT2D eigenvalue weighted by molar-refractivity contribution is -0.139. The van der Waals surface area contributed by atoms with Crippen LogP contribution in [-0.4, -0.2) is 48.9 Å². The summed E-state index contributed by atoms with van der Waals surface area (Å²) in [4.78, 5) is 26.6. The maximum Gasteiger partial charge on any atom is 0.242 e. The molecule has 2 saturated heterocycles. The van der Waals surface area contributed by atoms with Crippen LogP contribution in [0.15, 0.2) is 0 Å². The minimum Gasteiger partial charge on any atom is -0.354 e. The lowest BCUT2D eigenvalue weighted by Crippen LogP contribution is -2.47. The lowest BCUT2D eigenvalue weighted by atomic mass is 9.91. The zero-order valence-corrected chi connectivity index (χ0v) is 15.5. The maximum atomic E-state index is 12.4. The molecule has 2 rings (SSSR count). The van der Waals surface area contributed by atoms with Gasteiger partial charge in [0.1, 0.15) is 6.04 Å². The number of halogens is 1. The Labute approximate surface area is 146 Å². The molecule has 2 aliphatic rings. The van der Waals surface area contributed by atoms with Crippen LogP contribution >= 0.6 is 12.4 Å². The minimum atomic E-state index is -0.253. The zero-order chi connectivity index (χ0) is 16.2. The summed E-state index contributed by atoms with van der Waals surface area (Å²) >= 11 is 0. The molecular formula is C17H32ClN3O2. The summed E-state index contributed by atoms with van der Waals surface area (Å²) in [5, 5.41) is 6.38. The van der Waals surface area contributed by atoms with Crippen LogP contribution in [0, 0.1) is 11.3 Å². The third kappa shape index (κ3) is 6.30. The van der Waals surface area contributed by atoms with Crippen molar-refractivity contribution in [3.8, 4) is 0 Å². The molecule has 2 unspecified atom stereocenters. The molecule has 2 amide bonds. The van der Waals surface area contributed by atoms with E-state index < -0.39 is 0 Å². The van der Waals surface area contributed by atoms with Gasteiger partial charge in [0.15, 0.2) is 0 Å². The second-order valence-electron chi connectivity index (χ2n) is 7.92. The monoisotopic (exact) mass is 345 g/mol. The molecular weight excluding hydrogens is 314 g/mol. The smallest absolute Gasteiger partial charge is 0.242 e. The fraction of sp³-hybridized carbons (Fsp3) is 0.882. The molecule has 2 heterocycles. The van der Waals surface area contributed by atoms with E-state index in [9.17, 15) is 9.59 Å². The number of amides is 2. The topological polar surface area (TPSA) is 61.4 Å². The standard InChI is InChI=1S/C17H31N3O2.ClH/c1-17(2,3)11-15(21)20-10-4-5-14(20)16(22)19-9-7-13-6-8-18-12-13;/h13-14,18H,4-12H2,1-3H3,(H,19,22);1H. The molecule has 2 aliphatic heterocycles. The highest BCUT2D eigenvalue weighted by Gasteiger charge is 2.35. The van der Waals surface area contributed by atoms with E-state index in [0.717, 1.165) is 45.4 Å². The van der Waals surface area contributed by atoms with Crippen LogP contribution in [-0.2, 0) is 9.59 Å². The summed E-state index contributed by atoms with van der Waals surface area (Å²) in [6.45, 7) is 9.79.